The maximum absolute atomic E-state index is 6.36. The quantitative estimate of drug-likeness (QED) is 0.745. The second-order valence-corrected chi connectivity index (χ2v) is 7.72. The highest BCUT2D eigenvalue weighted by Crippen LogP contribution is 2.68. The van der Waals surface area contributed by atoms with Gasteiger partial charge in [0.05, 0.1) is 26.1 Å². The Labute approximate surface area is 137 Å². The molecule has 3 saturated heterocycles. The van der Waals surface area contributed by atoms with Crippen LogP contribution in [0, 0.1) is 5.41 Å². The van der Waals surface area contributed by atoms with Crippen LogP contribution >= 0.6 is 0 Å². The van der Waals surface area contributed by atoms with Crippen LogP contribution in [0.4, 0.5) is 0 Å². The summed E-state index contributed by atoms with van der Waals surface area (Å²) in [4.78, 5) is 0. The summed E-state index contributed by atoms with van der Waals surface area (Å²) in [6.07, 6.45) is 12.5. The van der Waals surface area contributed by atoms with E-state index in [2.05, 4.69) is 6.08 Å². The van der Waals surface area contributed by atoms with Gasteiger partial charge in [0.2, 0.25) is 6.29 Å². The van der Waals surface area contributed by atoms with Crippen molar-refractivity contribution >= 4 is 0 Å². The first-order valence-electron chi connectivity index (χ1n) is 9.16. The van der Waals surface area contributed by atoms with Crippen LogP contribution in [0.3, 0.4) is 0 Å². The van der Waals surface area contributed by atoms with Gasteiger partial charge in [-0.3, -0.25) is 0 Å². The minimum atomic E-state index is -0.182. The number of fused-ring (bicyclic) bond motifs is 1. The van der Waals surface area contributed by atoms with Crippen molar-refractivity contribution in [3.63, 3.8) is 0 Å². The highest BCUT2D eigenvalue weighted by molar-refractivity contribution is 5.27. The molecule has 0 radical (unpaired) electrons. The fourth-order valence-corrected chi connectivity index (χ4v) is 5.47. The van der Waals surface area contributed by atoms with E-state index in [0.29, 0.717) is 0 Å². The average Bonchev–Trinajstić information content (AvgIpc) is 3.34. The van der Waals surface area contributed by atoms with Gasteiger partial charge in [0, 0.05) is 18.3 Å². The number of ether oxygens (including phenoxy) is 5. The average molecular weight is 322 g/mol. The largest absolute Gasteiger partial charge is 0.473 e. The van der Waals surface area contributed by atoms with E-state index in [1.54, 1.807) is 0 Å². The van der Waals surface area contributed by atoms with Crippen LogP contribution < -0.4 is 0 Å². The summed E-state index contributed by atoms with van der Waals surface area (Å²) in [6, 6.07) is 0. The van der Waals surface area contributed by atoms with E-state index < -0.39 is 0 Å². The van der Waals surface area contributed by atoms with Crippen LogP contribution in [0.2, 0.25) is 0 Å². The third kappa shape index (κ3) is 2.06. The Morgan fingerprint density at radius 3 is 2.70 bits per heavy atom. The molecule has 1 saturated carbocycles. The lowest BCUT2D eigenvalue weighted by Gasteiger charge is -2.49. The lowest BCUT2D eigenvalue weighted by atomic mass is 9.55. The van der Waals surface area contributed by atoms with Crippen LogP contribution in [-0.2, 0) is 23.7 Å². The van der Waals surface area contributed by atoms with Gasteiger partial charge in [-0.15, -0.1) is 0 Å². The van der Waals surface area contributed by atoms with Gasteiger partial charge in [-0.25, -0.2) is 0 Å². The van der Waals surface area contributed by atoms with E-state index >= 15 is 0 Å². The third-order valence-corrected chi connectivity index (χ3v) is 6.68. The van der Waals surface area contributed by atoms with Crippen molar-refractivity contribution in [2.75, 3.05) is 19.8 Å². The molecule has 5 rings (SSSR count). The second kappa shape index (κ2) is 5.19. The number of hydrogen-bond acceptors (Lipinski definition) is 5. The van der Waals surface area contributed by atoms with Crippen LogP contribution in [0.15, 0.2) is 12.3 Å². The van der Waals surface area contributed by atoms with Gasteiger partial charge in [0.1, 0.15) is 11.2 Å². The molecule has 128 valence electrons. The van der Waals surface area contributed by atoms with Crippen molar-refractivity contribution in [2.45, 2.75) is 75.1 Å². The van der Waals surface area contributed by atoms with Crippen LogP contribution in [0.1, 0.15) is 51.4 Å². The van der Waals surface area contributed by atoms with Gasteiger partial charge < -0.3 is 23.7 Å². The lowest BCUT2D eigenvalue weighted by Crippen LogP contribution is -2.55. The van der Waals surface area contributed by atoms with E-state index in [9.17, 15) is 0 Å². The summed E-state index contributed by atoms with van der Waals surface area (Å²) in [5.41, 5.74) is -0.200. The van der Waals surface area contributed by atoms with E-state index in [1.165, 1.54) is 19.3 Å². The van der Waals surface area contributed by atoms with Crippen LogP contribution in [0.5, 0.6) is 0 Å². The molecule has 4 atom stereocenters. The fourth-order valence-electron chi connectivity index (χ4n) is 5.47. The standard InChI is InChI=1S/C18H26O5/c1-2-6-17-8-11-21-15(23-17)12-16(17,5-1)18(13-22-18)7-4-14-19-9-3-10-20-14/h8,11,14-15H,1-7,9-10,12-13H2/t15-,16?,17-,18?/m1/s1. The molecule has 5 nitrogen and oxygen atoms in total. The summed E-state index contributed by atoms with van der Waals surface area (Å²) >= 11 is 0. The normalized spacial score (nSPS) is 48.8. The van der Waals surface area contributed by atoms with E-state index in [-0.39, 0.29) is 29.2 Å². The molecule has 0 N–H and O–H groups in total. The molecule has 0 aromatic rings. The Morgan fingerprint density at radius 1 is 1.04 bits per heavy atom. The topological polar surface area (TPSA) is 49.5 Å². The lowest BCUT2D eigenvalue weighted by molar-refractivity contribution is -0.189. The number of rotatable bonds is 4. The molecular weight excluding hydrogens is 296 g/mol. The summed E-state index contributed by atoms with van der Waals surface area (Å²) in [7, 11) is 0. The molecule has 1 aliphatic carbocycles. The van der Waals surface area contributed by atoms with Crippen LogP contribution in [-0.4, -0.2) is 43.6 Å². The molecular formula is C18H26O5. The zero-order valence-electron chi connectivity index (χ0n) is 13.6. The molecule has 4 heterocycles. The summed E-state index contributed by atoms with van der Waals surface area (Å²) in [5.74, 6) is 0. The van der Waals surface area contributed by atoms with Crippen molar-refractivity contribution in [1.82, 2.24) is 0 Å². The minimum absolute atomic E-state index is 0.0601. The molecule has 2 bridgehead atoms. The van der Waals surface area contributed by atoms with Gasteiger partial charge >= 0.3 is 0 Å². The summed E-state index contributed by atoms with van der Waals surface area (Å²) in [6.45, 7) is 2.47. The Bertz CT molecular complexity index is 496. The predicted octanol–water partition coefficient (Wildman–Crippen LogP) is 2.89. The van der Waals surface area contributed by atoms with Gasteiger partial charge in [-0.2, -0.15) is 0 Å². The molecule has 0 aromatic carbocycles. The first kappa shape index (κ1) is 14.7. The molecule has 5 heteroatoms. The van der Waals surface area contributed by atoms with Gasteiger partial charge in [-0.05, 0) is 31.8 Å². The maximum atomic E-state index is 6.36. The maximum Gasteiger partial charge on any atom is 0.200 e. The minimum Gasteiger partial charge on any atom is -0.473 e. The van der Waals surface area contributed by atoms with E-state index in [0.717, 1.165) is 51.9 Å². The molecule has 0 aromatic heterocycles. The number of hydrogen-bond donors (Lipinski definition) is 0. The smallest absolute Gasteiger partial charge is 0.200 e. The predicted molar refractivity (Wildman–Crippen MR) is 81.6 cm³/mol. The molecule has 5 aliphatic rings. The highest BCUT2D eigenvalue weighted by atomic mass is 16.7. The first-order valence-corrected chi connectivity index (χ1v) is 9.16. The van der Waals surface area contributed by atoms with Crippen molar-refractivity contribution in [2.24, 2.45) is 5.41 Å². The molecule has 1 spiro atoms. The molecule has 0 amide bonds. The first-order chi connectivity index (χ1) is 11.3. The summed E-state index contributed by atoms with van der Waals surface area (Å²) < 4.78 is 29.7. The van der Waals surface area contributed by atoms with Crippen molar-refractivity contribution < 1.29 is 23.7 Å². The van der Waals surface area contributed by atoms with E-state index in [1.807, 2.05) is 6.26 Å². The molecule has 4 aliphatic heterocycles. The molecule has 2 unspecified atom stereocenters. The highest BCUT2D eigenvalue weighted by Gasteiger charge is 2.74. The van der Waals surface area contributed by atoms with Crippen molar-refractivity contribution in [3.05, 3.63) is 12.3 Å². The Morgan fingerprint density at radius 2 is 1.87 bits per heavy atom. The SMILES string of the molecule is C1=C[C@]23CCCCC2(C2(CCC4OCCCO4)CO2)C[C@H](O1)O3. The van der Waals surface area contributed by atoms with E-state index in [4.69, 9.17) is 23.7 Å². The third-order valence-electron chi connectivity index (χ3n) is 6.68. The van der Waals surface area contributed by atoms with Crippen LogP contribution in [0.25, 0.3) is 0 Å². The number of epoxide rings is 1. The van der Waals surface area contributed by atoms with Gasteiger partial charge in [-0.1, -0.05) is 12.8 Å². The zero-order valence-corrected chi connectivity index (χ0v) is 13.6. The monoisotopic (exact) mass is 322 g/mol. The second-order valence-electron chi connectivity index (χ2n) is 7.72. The van der Waals surface area contributed by atoms with Gasteiger partial charge in [0.15, 0.2) is 6.29 Å². The molecule has 23 heavy (non-hydrogen) atoms. The zero-order chi connectivity index (χ0) is 15.4. The fraction of sp³-hybridized carbons (Fsp3) is 0.889. The summed E-state index contributed by atoms with van der Waals surface area (Å²) in [5, 5.41) is 0. The van der Waals surface area contributed by atoms with Crippen molar-refractivity contribution in [1.29, 1.82) is 0 Å². The molecule has 4 fully saturated rings. The Balaban J connectivity index is 1.39. The Hall–Kier alpha value is -0.620. The Kier molecular flexibility index (Phi) is 3.31. The van der Waals surface area contributed by atoms with Crippen molar-refractivity contribution in [3.8, 4) is 0 Å². The van der Waals surface area contributed by atoms with Gasteiger partial charge in [0.25, 0.3) is 0 Å².